The van der Waals surface area contributed by atoms with Crippen LogP contribution in [0.5, 0.6) is 11.6 Å². The number of benzene rings is 2. The van der Waals surface area contributed by atoms with Crippen LogP contribution in [0, 0.1) is 12.7 Å². The standard InChI is InChI=1S/C24H28FN3O3/c1-17-23(15-27(19-11-12-19)14-21(29)16-30-2)24(31-22-10-6-7-18(25)13-22)28(26-17)20-8-4-3-5-9-20/h3-10,13,19,21,29H,11-12,14-16H2,1-2H3/t21-/m1/s1. The summed E-state index contributed by atoms with van der Waals surface area (Å²) in [5, 5.41) is 15.0. The van der Waals surface area contributed by atoms with Crippen molar-refractivity contribution >= 4 is 0 Å². The fourth-order valence-electron chi connectivity index (χ4n) is 3.71. The Balaban J connectivity index is 1.69. The van der Waals surface area contributed by atoms with E-state index in [9.17, 15) is 9.50 Å². The molecule has 164 valence electrons. The second-order valence-corrected chi connectivity index (χ2v) is 7.95. The quantitative estimate of drug-likeness (QED) is 0.530. The number of aromatic nitrogens is 2. The summed E-state index contributed by atoms with van der Waals surface area (Å²) in [4.78, 5) is 2.25. The molecule has 0 aliphatic heterocycles. The average Bonchev–Trinajstić information content (AvgIpc) is 3.55. The molecule has 3 aromatic rings. The summed E-state index contributed by atoms with van der Waals surface area (Å²) < 4.78 is 26.8. The van der Waals surface area contributed by atoms with Crippen LogP contribution in [0.1, 0.15) is 24.1 Å². The maximum absolute atomic E-state index is 13.8. The van der Waals surface area contributed by atoms with Crippen molar-refractivity contribution in [2.75, 3.05) is 20.3 Å². The largest absolute Gasteiger partial charge is 0.438 e. The SMILES string of the molecule is COC[C@H](O)CN(Cc1c(C)nn(-c2ccccc2)c1Oc1cccc(F)c1)C1CC1. The monoisotopic (exact) mass is 425 g/mol. The van der Waals surface area contributed by atoms with E-state index in [0.29, 0.717) is 30.8 Å². The van der Waals surface area contributed by atoms with Gasteiger partial charge in [-0.3, -0.25) is 4.90 Å². The molecule has 1 N–H and O–H groups in total. The lowest BCUT2D eigenvalue weighted by Crippen LogP contribution is -2.36. The van der Waals surface area contributed by atoms with Crippen molar-refractivity contribution in [1.82, 2.24) is 14.7 Å². The third kappa shape index (κ3) is 5.31. The van der Waals surface area contributed by atoms with Crippen molar-refractivity contribution in [1.29, 1.82) is 0 Å². The minimum atomic E-state index is -0.567. The van der Waals surface area contributed by atoms with E-state index in [0.717, 1.165) is 29.8 Å². The second-order valence-electron chi connectivity index (χ2n) is 7.95. The number of aliphatic hydroxyl groups is 1. The Morgan fingerprint density at radius 3 is 2.65 bits per heavy atom. The predicted molar refractivity (Wildman–Crippen MR) is 116 cm³/mol. The van der Waals surface area contributed by atoms with Crippen molar-refractivity contribution in [3.63, 3.8) is 0 Å². The van der Waals surface area contributed by atoms with Crippen LogP contribution in [-0.4, -0.2) is 52.2 Å². The van der Waals surface area contributed by atoms with Crippen molar-refractivity contribution in [2.24, 2.45) is 0 Å². The Morgan fingerprint density at radius 1 is 1.19 bits per heavy atom. The third-order valence-corrected chi connectivity index (χ3v) is 5.38. The molecule has 1 saturated carbocycles. The van der Waals surface area contributed by atoms with Gasteiger partial charge in [0.05, 0.1) is 29.7 Å². The van der Waals surface area contributed by atoms with Gasteiger partial charge < -0.3 is 14.6 Å². The van der Waals surface area contributed by atoms with Crippen molar-refractivity contribution in [3.8, 4) is 17.3 Å². The molecule has 1 heterocycles. The summed E-state index contributed by atoms with van der Waals surface area (Å²) in [6, 6.07) is 16.3. The van der Waals surface area contributed by atoms with E-state index in [1.807, 2.05) is 37.3 Å². The third-order valence-electron chi connectivity index (χ3n) is 5.38. The van der Waals surface area contributed by atoms with Crippen molar-refractivity contribution in [2.45, 2.75) is 38.5 Å². The highest BCUT2D eigenvalue weighted by Gasteiger charge is 2.32. The fourth-order valence-corrected chi connectivity index (χ4v) is 3.71. The Morgan fingerprint density at radius 2 is 1.97 bits per heavy atom. The smallest absolute Gasteiger partial charge is 0.227 e. The van der Waals surface area contributed by atoms with Gasteiger partial charge in [-0.05, 0) is 44.0 Å². The minimum absolute atomic E-state index is 0.290. The molecule has 0 spiro atoms. The number of methoxy groups -OCH3 is 1. The average molecular weight is 426 g/mol. The molecular weight excluding hydrogens is 397 g/mol. The lowest BCUT2D eigenvalue weighted by molar-refractivity contribution is 0.0335. The maximum Gasteiger partial charge on any atom is 0.227 e. The van der Waals surface area contributed by atoms with Crippen molar-refractivity contribution < 1.29 is 19.0 Å². The Kier molecular flexibility index (Phi) is 6.65. The zero-order chi connectivity index (χ0) is 21.8. The predicted octanol–water partition coefficient (Wildman–Crippen LogP) is 4.08. The van der Waals surface area contributed by atoms with E-state index >= 15 is 0 Å². The van der Waals surface area contributed by atoms with Gasteiger partial charge in [0.2, 0.25) is 5.88 Å². The molecule has 6 nitrogen and oxygen atoms in total. The zero-order valence-electron chi connectivity index (χ0n) is 17.9. The first kappa shape index (κ1) is 21.5. The number of ether oxygens (including phenoxy) is 2. The normalized spacial score (nSPS) is 14.7. The van der Waals surface area contributed by atoms with Gasteiger partial charge in [0, 0.05) is 32.3 Å². The molecule has 1 aromatic heterocycles. The van der Waals surface area contributed by atoms with Crippen LogP contribution in [0.4, 0.5) is 4.39 Å². The van der Waals surface area contributed by atoms with E-state index < -0.39 is 6.10 Å². The summed E-state index contributed by atoms with van der Waals surface area (Å²) in [5.74, 6) is 0.612. The van der Waals surface area contributed by atoms with E-state index in [1.54, 1.807) is 23.9 Å². The lowest BCUT2D eigenvalue weighted by atomic mass is 10.2. The van der Waals surface area contributed by atoms with Crippen LogP contribution in [0.25, 0.3) is 5.69 Å². The molecule has 0 unspecified atom stereocenters. The molecule has 0 saturated heterocycles. The molecule has 4 rings (SSSR count). The van der Waals surface area contributed by atoms with E-state index in [2.05, 4.69) is 4.90 Å². The van der Waals surface area contributed by atoms with Gasteiger partial charge in [-0.2, -0.15) is 5.10 Å². The topological polar surface area (TPSA) is 59.8 Å². The van der Waals surface area contributed by atoms with Gasteiger partial charge in [-0.1, -0.05) is 24.3 Å². The molecule has 7 heteroatoms. The van der Waals surface area contributed by atoms with Crippen LogP contribution >= 0.6 is 0 Å². The first-order chi connectivity index (χ1) is 15.0. The number of aryl methyl sites for hydroxylation is 1. The Labute approximate surface area is 181 Å². The van der Waals surface area contributed by atoms with E-state index in [1.165, 1.54) is 12.1 Å². The van der Waals surface area contributed by atoms with Gasteiger partial charge in [0.25, 0.3) is 0 Å². The maximum atomic E-state index is 13.8. The molecule has 31 heavy (non-hydrogen) atoms. The number of nitrogens with zero attached hydrogens (tertiary/aromatic N) is 3. The first-order valence-corrected chi connectivity index (χ1v) is 10.5. The van der Waals surface area contributed by atoms with Crippen molar-refractivity contribution in [3.05, 3.63) is 71.7 Å². The van der Waals surface area contributed by atoms with Crippen LogP contribution < -0.4 is 4.74 Å². The second kappa shape index (κ2) is 9.60. The highest BCUT2D eigenvalue weighted by atomic mass is 19.1. The van der Waals surface area contributed by atoms with E-state index in [4.69, 9.17) is 14.6 Å². The fraction of sp³-hybridized carbons (Fsp3) is 0.375. The van der Waals surface area contributed by atoms with Crippen LogP contribution in [0.3, 0.4) is 0 Å². The highest BCUT2D eigenvalue weighted by Crippen LogP contribution is 2.35. The molecule has 0 radical (unpaired) electrons. The van der Waals surface area contributed by atoms with Crippen LogP contribution in [-0.2, 0) is 11.3 Å². The van der Waals surface area contributed by atoms with Gasteiger partial charge >= 0.3 is 0 Å². The molecule has 0 amide bonds. The highest BCUT2D eigenvalue weighted by molar-refractivity contribution is 5.43. The van der Waals surface area contributed by atoms with E-state index in [-0.39, 0.29) is 12.4 Å². The summed E-state index contributed by atoms with van der Waals surface area (Å²) in [6.07, 6.45) is 1.64. The molecule has 2 aromatic carbocycles. The summed E-state index contributed by atoms with van der Waals surface area (Å²) in [5.41, 5.74) is 2.62. The number of para-hydroxylation sites is 1. The first-order valence-electron chi connectivity index (χ1n) is 10.5. The minimum Gasteiger partial charge on any atom is -0.438 e. The molecule has 1 aliphatic carbocycles. The number of aliphatic hydroxyl groups excluding tert-OH is 1. The Hall–Kier alpha value is -2.74. The van der Waals surface area contributed by atoms with Gasteiger partial charge in [-0.15, -0.1) is 0 Å². The van der Waals surface area contributed by atoms with Gasteiger partial charge in [-0.25, -0.2) is 9.07 Å². The number of hydrogen-bond acceptors (Lipinski definition) is 5. The number of rotatable bonds is 10. The number of hydrogen-bond donors (Lipinski definition) is 1. The molecule has 0 bridgehead atoms. The number of halogens is 1. The summed E-state index contributed by atoms with van der Waals surface area (Å²) in [7, 11) is 1.59. The van der Waals surface area contributed by atoms with Gasteiger partial charge in [0.1, 0.15) is 11.6 Å². The van der Waals surface area contributed by atoms with Crippen LogP contribution in [0.2, 0.25) is 0 Å². The molecular formula is C24H28FN3O3. The Bertz CT molecular complexity index is 1000. The van der Waals surface area contributed by atoms with Gasteiger partial charge in [0.15, 0.2) is 0 Å². The summed E-state index contributed by atoms with van der Waals surface area (Å²) in [6.45, 7) is 3.32. The zero-order valence-corrected chi connectivity index (χ0v) is 17.9. The lowest BCUT2D eigenvalue weighted by Gasteiger charge is -2.25. The molecule has 1 atom stereocenters. The molecule has 1 fully saturated rings. The van der Waals surface area contributed by atoms with Crippen LogP contribution in [0.15, 0.2) is 54.6 Å². The summed E-state index contributed by atoms with van der Waals surface area (Å²) >= 11 is 0. The molecule has 1 aliphatic rings.